The average molecular weight is 441 g/mol. The molecule has 2 aromatic rings. The highest BCUT2D eigenvalue weighted by Crippen LogP contribution is 2.47. The Morgan fingerprint density at radius 1 is 0.862 bits per heavy atom. The second-order valence-corrected chi connectivity index (χ2v) is 6.33. The maximum atomic E-state index is 13.3. The molecule has 0 spiro atoms. The summed E-state index contributed by atoms with van der Waals surface area (Å²) >= 11 is 5.79. The highest BCUT2D eigenvalue weighted by molar-refractivity contribution is 6.30. The van der Waals surface area contributed by atoms with Gasteiger partial charge in [0.15, 0.2) is 0 Å². The van der Waals surface area contributed by atoms with Crippen LogP contribution in [0.5, 0.6) is 0 Å². The third kappa shape index (κ3) is 4.84. The second-order valence-electron chi connectivity index (χ2n) is 5.89. The number of carbonyl (C=O) groups excluding carboxylic acids is 1. The maximum absolute atomic E-state index is 13.3. The molecule has 0 atom stereocenters. The molecule has 3 nitrogen and oxygen atoms in total. The van der Waals surface area contributed by atoms with Crippen LogP contribution in [-0.4, -0.2) is 30.5 Å². The zero-order valence-electron chi connectivity index (χ0n) is 14.9. The van der Waals surface area contributed by atoms with Gasteiger partial charge in [-0.3, -0.25) is 0 Å². The predicted octanol–water partition coefficient (Wildman–Crippen LogP) is 5.95. The summed E-state index contributed by atoms with van der Waals surface area (Å²) in [6, 6.07) is 12.3. The molecule has 0 unspecified atom stereocenters. The van der Waals surface area contributed by atoms with Gasteiger partial charge in [0.25, 0.3) is 0 Å². The van der Waals surface area contributed by atoms with Gasteiger partial charge in [-0.15, -0.1) is 0 Å². The van der Waals surface area contributed by atoms with E-state index >= 15 is 0 Å². The third-order valence-corrected chi connectivity index (χ3v) is 4.20. The van der Waals surface area contributed by atoms with Crippen molar-refractivity contribution >= 4 is 17.6 Å². The van der Waals surface area contributed by atoms with Gasteiger partial charge < -0.3 is 9.47 Å². The predicted molar refractivity (Wildman–Crippen MR) is 93.2 cm³/mol. The minimum Gasteiger partial charge on any atom is -0.463 e. The molecule has 2 aromatic carbocycles. The van der Waals surface area contributed by atoms with Crippen LogP contribution < -0.4 is 0 Å². The summed E-state index contributed by atoms with van der Waals surface area (Å²) in [4.78, 5) is 11.6. The Hall–Kier alpha value is -2.26. The van der Waals surface area contributed by atoms with Gasteiger partial charge in [-0.2, -0.15) is 26.3 Å². The van der Waals surface area contributed by atoms with Gasteiger partial charge >= 0.3 is 23.9 Å². The van der Waals surface area contributed by atoms with Gasteiger partial charge in [-0.05, 0) is 35.7 Å². The smallest absolute Gasteiger partial charge is 0.437 e. The van der Waals surface area contributed by atoms with E-state index in [1.807, 2.05) is 0 Å². The van der Waals surface area contributed by atoms with Gasteiger partial charge in [-0.25, -0.2) is 4.79 Å². The van der Waals surface area contributed by atoms with Gasteiger partial charge in [0.05, 0.1) is 13.2 Å². The van der Waals surface area contributed by atoms with Crippen molar-refractivity contribution in [1.82, 2.24) is 0 Å². The first-order valence-electron chi connectivity index (χ1n) is 8.22. The molecule has 158 valence electrons. The van der Waals surface area contributed by atoms with E-state index in [1.165, 1.54) is 24.3 Å². The first kappa shape index (κ1) is 23.0. The van der Waals surface area contributed by atoms with E-state index in [4.69, 9.17) is 11.6 Å². The van der Waals surface area contributed by atoms with Crippen LogP contribution >= 0.6 is 11.6 Å². The van der Waals surface area contributed by atoms with E-state index < -0.39 is 37.1 Å². The molecule has 0 aliphatic carbocycles. The van der Waals surface area contributed by atoms with Crippen molar-refractivity contribution in [3.05, 3.63) is 59.1 Å². The quantitative estimate of drug-likeness (QED) is 0.411. The fourth-order valence-corrected chi connectivity index (χ4v) is 2.60. The van der Waals surface area contributed by atoms with Crippen molar-refractivity contribution < 1.29 is 40.6 Å². The summed E-state index contributed by atoms with van der Waals surface area (Å²) in [5, 5.41) is 0.508. The first-order chi connectivity index (χ1) is 13.4. The second kappa shape index (κ2) is 8.62. The number of hydrogen-bond acceptors (Lipinski definition) is 3. The van der Waals surface area contributed by atoms with Crippen molar-refractivity contribution in [2.24, 2.45) is 0 Å². The number of rotatable bonds is 6. The van der Waals surface area contributed by atoms with Crippen LogP contribution in [0.2, 0.25) is 5.02 Å². The first-order valence-corrected chi connectivity index (χ1v) is 8.59. The Bertz CT molecular complexity index is 815. The molecule has 29 heavy (non-hydrogen) atoms. The molecule has 0 saturated heterocycles. The molecular weight excluding hydrogens is 426 g/mol. The minimum absolute atomic E-state index is 0.00452. The number of ether oxygens (including phenoxy) is 2. The Morgan fingerprint density at radius 2 is 1.31 bits per heavy atom. The molecule has 2 rings (SSSR count). The van der Waals surface area contributed by atoms with E-state index in [9.17, 15) is 31.1 Å². The maximum Gasteiger partial charge on any atom is 0.437 e. The monoisotopic (exact) mass is 440 g/mol. The summed E-state index contributed by atoms with van der Waals surface area (Å²) in [5.41, 5.74) is -3.67. The van der Waals surface area contributed by atoms with E-state index in [0.29, 0.717) is 10.6 Å². The number of hydrogen-bond donors (Lipinski definition) is 0. The van der Waals surface area contributed by atoms with Crippen LogP contribution in [0.3, 0.4) is 0 Å². The molecule has 0 N–H and O–H groups in total. The Morgan fingerprint density at radius 3 is 1.72 bits per heavy atom. The lowest BCUT2D eigenvalue weighted by molar-refractivity contribution is -0.371. The average Bonchev–Trinajstić information content (AvgIpc) is 2.61. The van der Waals surface area contributed by atoms with E-state index in [0.717, 1.165) is 12.5 Å². The molecule has 0 aliphatic rings. The molecule has 0 aliphatic heterocycles. The topological polar surface area (TPSA) is 35.5 Å². The number of halogens is 7. The SMILES string of the molecule is CCOC(=O)C(OCc1ccc(-c2ccc(Cl)cc2)cc1)(C(F)(F)F)C(F)(F)F. The molecule has 0 amide bonds. The zero-order valence-corrected chi connectivity index (χ0v) is 15.7. The molecule has 0 radical (unpaired) electrons. The Balaban J connectivity index is 2.29. The summed E-state index contributed by atoms with van der Waals surface area (Å²) in [6.07, 6.45) is -12.1. The van der Waals surface area contributed by atoms with Crippen LogP contribution in [0, 0.1) is 0 Å². The van der Waals surface area contributed by atoms with Crippen molar-refractivity contribution in [2.75, 3.05) is 6.61 Å². The van der Waals surface area contributed by atoms with E-state index in [2.05, 4.69) is 9.47 Å². The van der Waals surface area contributed by atoms with Crippen LogP contribution in [0.4, 0.5) is 26.3 Å². The van der Waals surface area contributed by atoms with E-state index in [1.54, 1.807) is 24.3 Å². The molecular formula is C19H15ClF6O3. The standard InChI is InChI=1S/C19H15ClF6O3/c1-2-28-16(27)17(18(21,22)23,19(24,25)26)29-11-12-3-5-13(6-4-12)14-7-9-15(20)10-8-14/h3-10H,2,11H2,1H3. The molecule has 0 bridgehead atoms. The fourth-order valence-electron chi connectivity index (χ4n) is 2.47. The summed E-state index contributed by atoms with van der Waals surface area (Å²) < 4.78 is 88.1. The number of alkyl halides is 6. The van der Waals surface area contributed by atoms with Crippen LogP contribution in [-0.2, 0) is 20.9 Å². The van der Waals surface area contributed by atoms with E-state index in [-0.39, 0.29) is 5.56 Å². The highest BCUT2D eigenvalue weighted by atomic mass is 35.5. The lowest BCUT2D eigenvalue weighted by Gasteiger charge is -2.34. The highest BCUT2D eigenvalue weighted by Gasteiger charge is 2.78. The molecule has 0 saturated carbocycles. The largest absolute Gasteiger partial charge is 0.463 e. The molecule has 0 aromatic heterocycles. The third-order valence-electron chi connectivity index (χ3n) is 3.95. The van der Waals surface area contributed by atoms with Crippen LogP contribution in [0.1, 0.15) is 12.5 Å². The summed E-state index contributed by atoms with van der Waals surface area (Å²) in [6.45, 7) is -0.699. The van der Waals surface area contributed by atoms with Crippen molar-refractivity contribution in [3.63, 3.8) is 0 Å². The zero-order chi connectivity index (χ0) is 21.9. The fraction of sp³-hybridized carbons (Fsp3) is 0.316. The van der Waals surface area contributed by atoms with Crippen LogP contribution in [0.25, 0.3) is 11.1 Å². The van der Waals surface area contributed by atoms with Crippen molar-refractivity contribution in [1.29, 1.82) is 0 Å². The van der Waals surface area contributed by atoms with Crippen LogP contribution in [0.15, 0.2) is 48.5 Å². The van der Waals surface area contributed by atoms with Crippen molar-refractivity contribution in [3.8, 4) is 11.1 Å². The minimum atomic E-state index is -6.07. The lowest BCUT2D eigenvalue weighted by atomic mass is 10.0. The molecule has 10 heteroatoms. The number of esters is 1. The molecule has 0 fully saturated rings. The van der Waals surface area contributed by atoms with Gasteiger partial charge in [-0.1, -0.05) is 48.0 Å². The number of benzene rings is 2. The van der Waals surface area contributed by atoms with Crippen molar-refractivity contribution in [2.45, 2.75) is 31.5 Å². The Kier molecular flexibility index (Phi) is 6.85. The van der Waals surface area contributed by atoms with Gasteiger partial charge in [0, 0.05) is 5.02 Å². The normalized spacial score (nSPS) is 12.7. The number of carbonyl (C=O) groups is 1. The molecule has 0 heterocycles. The summed E-state index contributed by atoms with van der Waals surface area (Å²) in [5.74, 6) is -2.56. The summed E-state index contributed by atoms with van der Waals surface area (Å²) in [7, 11) is 0. The Labute approximate surface area is 167 Å². The van der Waals surface area contributed by atoms with Gasteiger partial charge in [0.2, 0.25) is 0 Å². The van der Waals surface area contributed by atoms with Gasteiger partial charge in [0.1, 0.15) is 0 Å². The lowest BCUT2D eigenvalue weighted by Crippen LogP contribution is -2.64.